The molecule has 4 heteroatoms. The van der Waals surface area contributed by atoms with Crippen LogP contribution in [0.1, 0.15) is 21.5 Å². The maximum Gasteiger partial charge on any atom is 0.254 e. The van der Waals surface area contributed by atoms with Crippen molar-refractivity contribution in [3.05, 3.63) is 89.5 Å². The maximum absolute atomic E-state index is 13.1. The molecule has 0 atom stereocenters. The molecule has 3 rings (SSSR count). The Hall–Kier alpha value is -3.58. The lowest BCUT2D eigenvalue weighted by Gasteiger charge is -2.20. The smallest absolute Gasteiger partial charge is 0.254 e. The van der Waals surface area contributed by atoms with Crippen LogP contribution in [0.3, 0.4) is 0 Å². The first-order valence-electron chi connectivity index (χ1n) is 8.61. The first-order chi connectivity index (χ1) is 13.1. The second-order valence-corrected chi connectivity index (χ2v) is 6.22. The van der Waals surface area contributed by atoms with Gasteiger partial charge in [-0.05, 0) is 35.4 Å². The zero-order chi connectivity index (χ0) is 19.2. The van der Waals surface area contributed by atoms with Gasteiger partial charge in [-0.2, -0.15) is 5.26 Å². The van der Waals surface area contributed by atoms with Crippen molar-refractivity contribution in [2.24, 2.45) is 0 Å². The lowest BCUT2D eigenvalue weighted by Crippen LogP contribution is -2.26. The van der Waals surface area contributed by atoms with E-state index >= 15 is 0 Å². The van der Waals surface area contributed by atoms with Crippen LogP contribution < -0.4 is 4.74 Å². The normalized spacial score (nSPS) is 10.1. The zero-order valence-corrected chi connectivity index (χ0v) is 15.3. The van der Waals surface area contributed by atoms with Gasteiger partial charge in [-0.3, -0.25) is 4.79 Å². The van der Waals surface area contributed by atoms with Crippen molar-refractivity contribution in [2.75, 3.05) is 14.2 Å². The van der Waals surface area contributed by atoms with Crippen molar-refractivity contribution in [1.82, 2.24) is 4.90 Å². The van der Waals surface area contributed by atoms with E-state index in [1.807, 2.05) is 60.7 Å². The molecule has 3 aromatic carbocycles. The number of hydrogen-bond acceptors (Lipinski definition) is 3. The van der Waals surface area contributed by atoms with Crippen LogP contribution in [0.2, 0.25) is 0 Å². The van der Waals surface area contributed by atoms with Crippen molar-refractivity contribution >= 4 is 5.91 Å². The molecule has 0 fully saturated rings. The van der Waals surface area contributed by atoms with E-state index in [9.17, 15) is 10.1 Å². The summed E-state index contributed by atoms with van der Waals surface area (Å²) < 4.78 is 5.25. The third-order valence-corrected chi connectivity index (χ3v) is 4.40. The third-order valence-electron chi connectivity index (χ3n) is 4.40. The van der Waals surface area contributed by atoms with Crippen molar-refractivity contribution < 1.29 is 9.53 Å². The van der Waals surface area contributed by atoms with Crippen LogP contribution >= 0.6 is 0 Å². The number of nitriles is 1. The fourth-order valence-corrected chi connectivity index (χ4v) is 3.04. The number of rotatable bonds is 5. The summed E-state index contributed by atoms with van der Waals surface area (Å²) in [5, 5.41) is 9.41. The Morgan fingerprint density at radius 3 is 2.44 bits per heavy atom. The molecule has 27 heavy (non-hydrogen) atoms. The molecular weight excluding hydrogens is 336 g/mol. The molecule has 3 aromatic rings. The predicted octanol–water partition coefficient (Wildman–Crippen LogP) is 4.51. The highest BCUT2D eigenvalue weighted by molar-refractivity contribution is 6.01. The average molecular weight is 356 g/mol. The number of benzene rings is 3. The molecule has 0 saturated carbocycles. The summed E-state index contributed by atoms with van der Waals surface area (Å²) in [6.45, 7) is 0.463. The van der Waals surface area contributed by atoms with Gasteiger partial charge in [0.05, 0.1) is 18.7 Å². The van der Waals surface area contributed by atoms with Gasteiger partial charge >= 0.3 is 0 Å². The van der Waals surface area contributed by atoms with Gasteiger partial charge in [-0.15, -0.1) is 0 Å². The number of methoxy groups -OCH3 is 1. The van der Waals surface area contributed by atoms with E-state index in [4.69, 9.17) is 4.74 Å². The Balaban J connectivity index is 1.92. The Bertz CT molecular complexity index is 1010. The Kier molecular flexibility index (Phi) is 5.53. The molecule has 0 saturated heterocycles. The Morgan fingerprint density at radius 1 is 1.00 bits per heavy atom. The van der Waals surface area contributed by atoms with Crippen LogP contribution in [0.25, 0.3) is 11.1 Å². The standard InChI is InChI=1S/C23H20N2O2/c1-25(16-17-8-7-10-19(14-17)27-2)23(26)22-13-6-5-12-21(22)20-11-4-3-9-18(20)15-24/h3-14H,16H2,1-2H3. The lowest BCUT2D eigenvalue weighted by atomic mass is 9.95. The summed E-state index contributed by atoms with van der Waals surface area (Å²) >= 11 is 0. The summed E-state index contributed by atoms with van der Waals surface area (Å²) in [6, 6.07) is 24.6. The zero-order valence-electron chi connectivity index (χ0n) is 15.3. The Morgan fingerprint density at radius 2 is 1.70 bits per heavy atom. The fourth-order valence-electron chi connectivity index (χ4n) is 3.04. The molecule has 0 aromatic heterocycles. The van der Waals surface area contributed by atoms with Crippen molar-refractivity contribution in [3.63, 3.8) is 0 Å². The second-order valence-electron chi connectivity index (χ2n) is 6.22. The summed E-state index contributed by atoms with van der Waals surface area (Å²) in [5.41, 5.74) is 3.63. The molecule has 0 bridgehead atoms. The highest BCUT2D eigenvalue weighted by Gasteiger charge is 2.18. The van der Waals surface area contributed by atoms with Crippen LogP contribution in [0.5, 0.6) is 5.75 Å². The molecule has 0 spiro atoms. The van der Waals surface area contributed by atoms with E-state index in [-0.39, 0.29) is 5.91 Å². The fraction of sp³-hybridized carbons (Fsp3) is 0.130. The minimum Gasteiger partial charge on any atom is -0.497 e. The molecule has 0 unspecified atom stereocenters. The SMILES string of the molecule is COc1cccc(CN(C)C(=O)c2ccccc2-c2ccccc2C#N)c1. The van der Waals surface area contributed by atoms with Gasteiger partial charge in [0.2, 0.25) is 0 Å². The molecule has 0 aliphatic carbocycles. The minimum absolute atomic E-state index is 0.0961. The molecule has 1 amide bonds. The number of amides is 1. The van der Waals surface area contributed by atoms with Crippen LogP contribution in [-0.2, 0) is 6.54 Å². The topological polar surface area (TPSA) is 53.3 Å². The summed E-state index contributed by atoms with van der Waals surface area (Å²) in [7, 11) is 3.39. The monoisotopic (exact) mass is 356 g/mol. The molecule has 0 N–H and O–H groups in total. The molecule has 4 nitrogen and oxygen atoms in total. The Labute approximate surface area is 159 Å². The first-order valence-corrected chi connectivity index (χ1v) is 8.61. The predicted molar refractivity (Wildman–Crippen MR) is 105 cm³/mol. The van der Waals surface area contributed by atoms with Gasteiger partial charge in [0.1, 0.15) is 5.75 Å². The quantitative estimate of drug-likeness (QED) is 0.676. The molecular formula is C23H20N2O2. The number of ether oxygens (including phenoxy) is 1. The lowest BCUT2D eigenvalue weighted by molar-refractivity contribution is 0.0785. The van der Waals surface area contributed by atoms with Crippen molar-refractivity contribution in [2.45, 2.75) is 6.54 Å². The van der Waals surface area contributed by atoms with E-state index in [0.717, 1.165) is 22.4 Å². The number of hydrogen-bond donors (Lipinski definition) is 0. The van der Waals surface area contributed by atoms with E-state index in [2.05, 4.69) is 6.07 Å². The molecule has 0 aliphatic rings. The van der Waals surface area contributed by atoms with Crippen LogP contribution in [-0.4, -0.2) is 25.0 Å². The van der Waals surface area contributed by atoms with Gasteiger partial charge in [-0.25, -0.2) is 0 Å². The van der Waals surface area contributed by atoms with Gasteiger partial charge in [0.15, 0.2) is 0 Å². The van der Waals surface area contributed by atoms with Crippen molar-refractivity contribution in [1.29, 1.82) is 5.26 Å². The van der Waals surface area contributed by atoms with E-state index in [0.29, 0.717) is 17.7 Å². The third kappa shape index (κ3) is 3.99. The van der Waals surface area contributed by atoms with Gasteiger partial charge in [0.25, 0.3) is 5.91 Å². The van der Waals surface area contributed by atoms with Gasteiger partial charge < -0.3 is 9.64 Å². The molecule has 0 aliphatic heterocycles. The molecule has 0 heterocycles. The largest absolute Gasteiger partial charge is 0.497 e. The maximum atomic E-state index is 13.1. The van der Waals surface area contributed by atoms with E-state index in [1.165, 1.54) is 0 Å². The number of nitrogens with zero attached hydrogens (tertiary/aromatic N) is 2. The first kappa shape index (κ1) is 18.2. The van der Waals surface area contributed by atoms with Crippen molar-refractivity contribution in [3.8, 4) is 22.9 Å². The van der Waals surface area contributed by atoms with Gasteiger partial charge in [0, 0.05) is 24.7 Å². The van der Waals surface area contributed by atoms with Crippen LogP contribution in [0, 0.1) is 11.3 Å². The van der Waals surface area contributed by atoms with Crippen LogP contribution in [0.15, 0.2) is 72.8 Å². The summed E-state index contributed by atoms with van der Waals surface area (Å²) in [6.07, 6.45) is 0. The van der Waals surface area contributed by atoms with E-state index < -0.39 is 0 Å². The summed E-state index contributed by atoms with van der Waals surface area (Å²) in [5.74, 6) is 0.665. The second kappa shape index (κ2) is 8.20. The highest BCUT2D eigenvalue weighted by Crippen LogP contribution is 2.28. The highest BCUT2D eigenvalue weighted by atomic mass is 16.5. The average Bonchev–Trinajstić information content (AvgIpc) is 2.73. The minimum atomic E-state index is -0.0961. The summed E-state index contributed by atoms with van der Waals surface area (Å²) in [4.78, 5) is 14.8. The van der Waals surface area contributed by atoms with E-state index in [1.54, 1.807) is 31.2 Å². The number of carbonyl (C=O) groups excluding carboxylic acids is 1. The van der Waals surface area contributed by atoms with Gasteiger partial charge in [-0.1, -0.05) is 48.5 Å². The van der Waals surface area contributed by atoms with Crippen LogP contribution in [0.4, 0.5) is 0 Å². The number of carbonyl (C=O) groups is 1. The molecule has 134 valence electrons. The molecule has 0 radical (unpaired) electrons.